The molecule has 0 aromatic heterocycles. The summed E-state index contributed by atoms with van der Waals surface area (Å²) >= 11 is 0. The molecule has 1 nitrogen and oxygen atoms in total. The molecule has 0 amide bonds. The zero-order valence-electron chi connectivity index (χ0n) is 7.86. The molecular weight excluding hydrogens is 191 g/mol. The number of nitrogens with one attached hydrogen (secondary N) is 1. The molecule has 14 heavy (non-hydrogen) atoms. The molecule has 0 atom stereocenters. The van der Waals surface area contributed by atoms with E-state index in [4.69, 9.17) is 0 Å². The van der Waals surface area contributed by atoms with Crippen molar-refractivity contribution < 1.29 is 13.2 Å². The average Bonchev–Trinajstić information content (AvgIpc) is 2.06. The van der Waals surface area contributed by atoms with Gasteiger partial charge in [-0.1, -0.05) is 25.5 Å². The van der Waals surface area contributed by atoms with Gasteiger partial charge in [-0.2, -0.15) is 13.2 Å². The third-order valence-corrected chi connectivity index (χ3v) is 1.78. The van der Waals surface area contributed by atoms with Crippen LogP contribution in [0.3, 0.4) is 0 Å². The van der Waals surface area contributed by atoms with Crippen molar-refractivity contribution in [3.05, 3.63) is 29.8 Å². The summed E-state index contributed by atoms with van der Waals surface area (Å²) in [4.78, 5) is 0. The van der Waals surface area contributed by atoms with Gasteiger partial charge in [0.05, 0.1) is 0 Å². The average molecular weight is 203 g/mol. The Morgan fingerprint density at radius 1 is 1.14 bits per heavy atom. The van der Waals surface area contributed by atoms with E-state index in [2.05, 4.69) is 0 Å². The second-order valence-electron chi connectivity index (χ2n) is 3.07. The molecule has 0 unspecified atom stereocenters. The van der Waals surface area contributed by atoms with Gasteiger partial charge in [0, 0.05) is 5.69 Å². The summed E-state index contributed by atoms with van der Waals surface area (Å²) in [7, 11) is 0. The predicted molar refractivity (Wildman–Crippen MR) is 50.1 cm³/mol. The molecule has 0 aliphatic heterocycles. The molecule has 1 aromatic rings. The number of benzene rings is 1. The smallest absolute Gasteiger partial charge is 0.298 e. The fourth-order valence-corrected chi connectivity index (χ4v) is 1.21. The normalized spacial score (nSPS) is 11.4. The van der Waals surface area contributed by atoms with Crippen LogP contribution in [0.5, 0.6) is 0 Å². The van der Waals surface area contributed by atoms with Crippen LogP contribution in [-0.2, 0) is 6.42 Å². The van der Waals surface area contributed by atoms with E-state index in [1.807, 2.05) is 6.92 Å². The minimum atomic E-state index is -4.35. The lowest BCUT2D eigenvalue weighted by atomic mass is 10.1. The van der Waals surface area contributed by atoms with Gasteiger partial charge in [0.25, 0.3) is 0 Å². The molecule has 1 rings (SSSR count). The molecule has 0 aliphatic rings. The number of hydrogen-bond acceptors (Lipinski definition) is 1. The van der Waals surface area contributed by atoms with Gasteiger partial charge in [0.15, 0.2) is 0 Å². The number of aryl methyl sites for hydroxylation is 1. The van der Waals surface area contributed by atoms with E-state index in [-0.39, 0.29) is 5.69 Å². The predicted octanol–water partition coefficient (Wildman–Crippen LogP) is 3.57. The van der Waals surface area contributed by atoms with E-state index < -0.39 is 6.30 Å². The molecule has 0 saturated carbocycles. The van der Waals surface area contributed by atoms with Crippen LogP contribution in [0.4, 0.5) is 18.9 Å². The molecule has 0 aliphatic carbocycles. The van der Waals surface area contributed by atoms with Crippen LogP contribution >= 0.6 is 0 Å². The van der Waals surface area contributed by atoms with Crippen molar-refractivity contribution in [3.63, 3.8) is 0 Å². The minimum absolute atomic E-state index is 0.0809. The first-order chi connectivity index (χ1) is 6.51. The van der Waals surface area contributed by atoms with Gasteiger partial charge in [-0.3, -0.25) is 5.32 Å². The van der Waals surface area contributed by atoms with Crippen molar-refractivity contribution in [1.29, 1.82) is 0 Å². The van der Waals surface area contributed by atoms with Crippen molar-refractivity contribution in [1.82, 2.24) is 0 Å². The number of rotatable bonds is 3. The largest absolute Gasteiger partial charge is 0.482 e. The highest BCUT2D eigenvalue weighted by Gasteiger charge is 2.26. The Morgan fingerprint density at radius 3 is 2.14 bits per heavy atom. The summed E-state index contributed by atoms with van der Waals surface area (Å²) in [5.41, 5.74) is 1.14. The Balaban J connectivity index is 2.64. The molecule has 78 valence electrons. The highest BCUT2D eigenvalue weighted by molar-refractivity contribution is 5.45. The van der Waals surface area contributed by atoms with Crippen molar-refractivity contribution in [2.75, 3.05) is 5.32 Å². The molecule has 0 fully saturated rings. The van der Waals surface area contributed by atoms with E-state index >= 15 is 0 Å². The quantitative estimate of drug-likeness (QED) is 0.740. The van der Waals surface area contributed by atoms with Gasteiger partial charge in [0.1, 0.15) is 0 Å². The van der Waals surface area contributed by atoms with Crippen LogP contribution in [0.15, 0.2) is 24.3 Å². The summed E-state index contributed by atoms with van der Waals surface area (Å²) in [6.45, 7) is 2.03. The van der Waals surface area contributed by atoms with Gasteiger partial charge in [-0.25, -0.2) is 0 Å². The second-order valence-corrected chi connectivity index (χ2v) is 3.07. The first-order valence-corrected chi connectivity index (χ1v) is 4.45. The van der Waals surface area contributed by atoms with Crippen LogP contribution in [0.1, 0.15) is 18.9 Å². The number of alkyl halides is 3. The molecule has 0 bridgehead atoms. The Morgan fingerprint density at radius 2 is 1.71 bits per heavy atom. The number of hydrogen-bond donors (Lipinski definition) is 1. The summed E-state index contributed by atoms with van der Waals surface area (Å²) in [5.74, 6) is 0. The van der Waals surface area contributed by atoms with Crippen LogP contribution in [-0.4, -0.2) is 6.30 Å². The minimum Gasteiger partial charge on any atom is -0.298 e. The summed E-state index contributed by atoms with van der Waals surface area (Å²) < 4.78 is 35.6. The fourth-order valence-electron chi connectivity index (χ4n) is 1.21. The van der Waals surface area contributed by atoms with Gasteiger partial charge in [-0.15, -0.1) is 0 Å². The van der Waals surface area contributed by atoms with Gasteiger partial charge >= 0.3 is 6.30 Å². The molecule has 0 spiro atoms. The topological polar surface area (TPSA) is 12.0 Å². The summed E-state index contributed by atoms with van der Waals surface area (Å²) in [6, 6.07) is 6.30. The lowest BCUT2D eigenvalue weighted by Crippen LogP contribution is -2.20. The first-order valence-electron chi connectivity index (χ1n) is 4.45. The molecule has 0 saturated heterocycles. The molecule has 4 heteroatoms. The molecule has 1 N–H and O–H groups in total. The molecule has 1 aromatic carbocycles. The lowest BCUT2D eigenvalue weighted by molar-refractivity contribution is -0.0999. The fraction of sp³-hybridized carbons (Fsp3) is 0.400. The van der Waals surface area contributed by atoms with Crippen molar-refractivity contribution in [3.8, 4) is 0 Å². The van der Waals surface area contributed by atoms with E-state index in [1.165, 1.54) is 17.4 Å². The third-order valence-electron chi connectivity index (χ3n) is 1.78. The Kier molecular flexibility index (Phi) is 3.38. The zero-order chi connectivity index (χ0) is 10.6. The number of halogens is 3. The summed E-state index contributed by atoms with van der Waals surface area (Å²) in [5, 5.41) is 1.45. The maximum Gasteiger partial charge on any atom is 0.482 e. The van der Waals surface area contributed by atoms with Gasteiger partial charge in [0.2, 0.25) is 0 Å². The maximum atomic E-state index is 11.9. The van der Waals surface area contributed by atoms with E-state index in [1.54, 1.807) is 12.1 Å². The SMILES string of the molecule is CCCc1ccc(NC(F)(F)F)cc1. The van der Waals surface area contributed by atoms with Crippen LogP contribution in [0, 0.1) is 0 Å². The zero-order valence-corrected chi connectivity index (χ0v) is 7.86. The number of anilines is 1. The van der Waals surface area contributed by atoms with Gasteiger partial charge < -0.3 is 0 Å². The highest BCUT2D eigenvalue weighted by atomic mass is 19.4. The highest BCUT2D eigenvalue weighted by Crippen LogP contribution is 2.20. The van der Waals surface area contributed by atoms with Gasteiger partial charge in [-0.05, 0) is 24.1 Å². The van der Waals surface area contributed by atoms with Crippen molar-refractivity contribution in [2.45, 2.75) is 26.1 Å². The Hall–Kier alpha value is -1.19. The van der Waals surface area contributed by atoms with Crippen molar-refractivity contribution >= 4 is 5.69 Å². The Bertz CT molecular complexity index is 276. The van der Waals surface area contributed by atoms with E-state index in [0.29, 0.717) is 0 Å². The van der Waals surface area contributed by atoms with Crippen molar-refractivity contribution in [2.24, 2.45) is 0 Å². The lowest BCUT2D eigenvalue weighted by Gasteiger charge is -2.09. The molecule has 0 heterocycles. The standard InChI is InChI=1S/C10H12F3N/c1-2-3-8-4-6-9(7-5-8)14-10(11,12)13/h4-7,14H,2-3H2,1H3. The maximum absolute atomic E-state index is 11.9. The first kappa shape index (κ1) is 10.9. The molecular formula is C10H12F3N. The van der Waals surface area contributed by atoms with Crippen LogP contribution in [0.25, 0.3) is 0 Å². The Labute approximate surface area is 80.9 Å². The van der Waals surface area contributed by atoms with E-state index in [9.17, 15) is 13.2 Å². The summed E-state index contributed by atoms with van der Waals surface area (Å²) in [6.07, 6.45) is -2.47. The molecule has 0 radical (unpaired) electrons. The second kappa shape index (κ2) is 4.35. The van der Waals surface area contributed by atoms with Crippen LogP contribution in [0.2, 0.25) is 0 Å². The van der Waals surface area contributed by atoms with E-state index in [0.717, 1.165) is 18.4 Å². The third kappa shape index (κ3) is 3.68. The van der Waals surface area contributed by atoms with Crippen LogP contribution < -0.4 is 5.32 Å². The monoisotopic (exact) mass is 203 g/mol.